The van der Waals surface area contributed by atoms with E-state index in [-0.39, 0.29) is 22.8 Å². The molecule has 148 valence electrons. The number of fused-ring (bicyclic) bond motifs is 2. The summed E-state index contributed by atoms with van der Waals surface area (Å²) >= 11 is 0. The number of hydrogen-bond acceptors (Lipinski definition) is 4. The second-order valence-corrected chi connectivity index (χ2v) is 7.59. The zero-order valence-electron chi connectivity index (χ0n) is 16.3. The van der Waals surface area contributed by atoms with Crippen molar-refractivity contribution in [3.8, 4) is 5.75 Å². The number of aromatic hydroxyl groups is 1. The molecule has 1 N–H and O–H groups in total. The van der Waals surface area contributed by atoms with Crippen LogP contribution in [0.5, 0.6) is 5.75 Å². The Bertz CT molecular complexity index is 1340. The van der Waals surface area contributed by atoms with Crippen molar-refractivity contribution in [2.75, 3.05) is 0 Å². The van der Waals surface area contributed by atoms with Crippen LogP contribution in [0.2, 0.25) is 0 Å². The summed E-state index contributed by atoms with van der Waals surface area (Å²) < 4.78 is 5.91. The van der Waals surface area contributed by atoms with Gasteiger partial charge in [-0.2, -0.15) is 0 Å². The lowest BCUT2D eigenvalue weighted by atomic mass is 9.98. The van der Waals surface area contributed by atoms with Crippen molar-refractivity contribution in [1.82, 2.24) is 4.90 Å². The average Bonchev–Trinajstić information content (AvgIpc) is 3.02. The summed E-state index contributed by atoms with van der Waals surface area (Å²) in [6, 6.07) is 20.9. The van der Waals surface area contributed by atoms with Gasteiger partial charge in [0, 0.05) is 6.54 Å². The lowest BCUT2D eigenvalue weighted by Crippen LogP contribution is -2.29. The second kappa shape index (κ2) is 6.88. The number of amides is 1. The fraction of sp³-hybridized carbons (Fsp3) is 0.120. The Kier molecular flexibility index (Phi) is 4.17. The van der Waals surface area contributed by atoms with Gasteiger partial charge < -0.3 is 14.4 Å². The molecule has 1 aliphatic heterocycles. The zero-order chi connectivity index (χ0) is 20.8. The summed E-state index contributed by atoms with van der Waals surface area (Å²) in [4.78, 5) is 28.4. The highest BCUT2D eigenvalue weighted by Crippen LogP contribution is 2.39. The van der Waals surface area contributed by atoms with Crippen molar-refractivity contribution in [2.45, 2.75) is 19.5 Å². The number of aryl methyl sites for hydroxylation is 1. The van der Waals surface area contributed by atoms with E-state index < -0.39 is 6.04 Å². The zero-order valence-corrected chi connectivity index (χ0v) is 16.3. The number of hydrogen-bond donors (Lipinski definition) is 1. The van der Waals surface area contributed by atoms with Gasteiger partial charge in [0.25, 0.3) is 5.91 Å². The molecule has 0 aliphatic carbocycles. The Morgan fingerprint density at radius 1 is 0.967 bits per heavy atom. The molecule has 0 unspecified atom stereocenters. The summed E-state index contributed by atoms with van der Waals surface area (Å²) in [5.74, 6) is -0.185. The third-order valence-electron chi connectivity index (χ3n) is 5.53. The number of rotatable bonds is 3. The lowest BCUT2D eigenvalue weighted by Gasteiger charge is -2.25. The number of nitrogens with zero attached hydrogens (tertiary/aromatic N) is 1. The molecule has 0 saturated carbocycles. The van der Waals surface area contributed by atoms with Gasteiger partial charge >= 0.3 is 0 Å². The maximum Gasteiger partial charge on any atom is 0.291 e. The molecule has 2 heterocycles. The minimum Gasteiger partial charge on any atom is -0.508 e. The van der Waals surface area contributed by atoms with Crippen LogP contribution in [0.15, 0.2) is 82.0 Å². The van der Waals surface area contributed by atoms with E-state index in [1.54, 1.807) is 47.4 Å². The van der Waals surface area contributed by atoms with E-state index in [1.165, 1.54) is 0 Å². The van der Waals surface area contributed by atoms with E-state index in [1.807, 2.05) is 37.3 Å². The topological polar surface area (TPSA) is 70.8 Å². The maximum atomic E-state index is 13.4. The Morgan fingerprint density at radius 2 is 1.73 bits per heavy atom. The highest BCUT2D eigenvalue weighted by Gasteiger charge is 2.42. The Labute approximate surface area is 172 Å². The van der Waals surface area contributed by atoms with Crippen LogP contribution in [0.1, 0.15) is 38.9 Å². The molecule has 0 saturated heterocycles. The quantitative estimate of drug-likeness (QED) is 0.550. The van der Waals surface area contributed by atoms with Gasteiger partial charge in [-0.3, -0.25) is 9.59 Å². The van der Waals surface area contributed by atoms with Crippen LogP contribution in [-0.2, 0) is 6.54 Å². The monoisotopic (exact) mass is 397 g/mol. The first-order chi connectivity index (χ1) is 14.5. The number of carbonyl (C=O) groups is 1. The molecule has 5 rings (SSSR count). The van der Waals surface area contributed by atoms with Crippen LogP contribution >= 0.6 is 0 Å². The van der Waals surface area contributed by atoms with Crippen molar-refractivity contribution in [3.05, 3.63) is 111 Å². The molecule has 5 heteroatoms. The van der Waals surface area contributed by atoms with Gasteiger partial charge in [-0.15, -0.1) is 0 Å². The van der Waals surface area contributed by atoms with Crippen LogP contribution in [0.3, 0.4) is 0 Å². The van der Waals surface area contributed by atoms with Gasteiger partial charge in [0.2, 0.25) is 5.76 Å². The summed E-state index contributed by atoms with van der Waals surface area (Å²) in [5.41, 5.74) is 3.22. The van der Waals surface area contributed by atoms with Crippen molar-refractivity contribution < 1.29 is 14.3 Å². The fourth-order valence-corrected chi connectivity index (χ4v) is 4.06. The normalized spacial score (nSPS) is 15.6. The van der Waals surface area contributed by atoms with Gasteiger partial charge in [-0.25, -0.2) is 0 Å². The summed E-state index contributed by atoms with van der Waals surface area (Å²) in [6.07, 6.45) is 0. The van der Waals surface area contributed by atoms with Gasteiger partial charge in [0.1, 0.15) is 11.3 Å². The fourth-order valence-electron chi connectivity index (χ4n) is 4.06. The largest absolute Gasteiger partial charge is 0.508 e. The Morgan fingerprint density at radius 3 is 2.50 bits per heavy atom. The number of carbonyl (C=O) groups excluding carboxylic acids is 1. The van der Waals surface area contributed by atoms with Crippen LogP contribution in [0, 0.1) is 6.92 Å². The summed E-state index contributed by atoms with van der Waals surface area (Å²) in [5, 5.41) is 10.5. The van der Waals surface area contributed by atoms with Crippen LogP contribution < -0.4 is 5.43 Å². The Balaban J connectivity index is 1.72. The maximum absolute atomic E-state index is 13.4. The van der Waals surface area contributed by atoms with E-state index in [2.05, 4.69) is 0 Å². The predicted molar refractivity (Wildman–Crippen MR) is 113 cm³/mol. The minimum absolute atomic E-state index is 0.0687. The molecule has 1 atom stereocenters. The van der Waals surface area contributed by atoms with Crippen molar-refractivity contribution >= 4 is 16.9 Å². The SMILES string of the molecule is Cc1ccc(CN2C(=O)c3oc4ccccc4c(=O)c3[C@@H]2c2cccc(O)c2)cc1. The average molecular weight is 397 g/mol. The Hall–Kier alpha value is -3.86. The molecule has 1 aliphatic rings. The van der Waals surface area contributed by atoms with Crippen LogP contribution in [0.25, 0.3) is 11.0 Å². The van der Waals surface area contributed by atoms with Crippen LogP contribution in [-0.4, -0.2) is 15.9 Å². The third kappa shape index (κ3) is 2.87. The smallest absolute Gasteiger partial charge is 0.291 e. The van der Waals surface area contributed by atoms with E-state index in [9.17, 15) is 14.7 Å². The number of para-hydroxylation sites is 1. The molecule has 0 radical (unpaired) electrons. The molecule has 3 aromatic carbocycles. The molecule has 5 nitrogen and oxygen atoms in total. The molecule has 1 amide bonds. The molecule has 0 bridgehead atoms. The van der Waals surface area contributed by atoms with E-state index in [4.69, 9.17) is 4.42 Å². The molecular formula is C25H19NO4. The highest BCUT2D eigenvalue weighted by molar-refractivity contribution is 5.99. The number of phenolic OH excluding ortho intramolecular Hbond substituents is 1. The number of phenols is 1. The molecule has 0 fully saturated rings. The van der Waals surface area contributed by atoms with Gasteiger partial charge in [0.15, 0.2) is 5.43 Å². The van der Waals surface area contributed by atoms with Crippen molar-refractivity contribution in [1.29, 1.82) is 0 Å². The second-order valence-electron chi connectivity index (χ2n) is 7.59. The first-order valence-corrected chi connectivity index (χ1v) is 9.74. The molecule has 0 spiro atoms. The molecule has 30 heavy (non-hydrogen) atoms. The number of benzene rings is 3. The van der Waals surface area contributed by atoms with Crippen molar-refractivity contribution in [2.24, 2.45) is 0 Å². The van der Waals surface area contributed by atoms with Gasteiger partial charge in [-0.1, -0.05) is 54.1 Å². The van der Waals surface area contributed by atoms with Gasteiger partial charge in [-0.05, 0) is 42.3 Å². The first kappa shape index (κ1) is 18.2. The molecule has 1 aromatic heterocycles. The van der Waals surface area contributed by atoms with E-state index in [0.717, 1.165) is 11.1 Å². The lowest BCUT2D eigenvalue weighted by molar-refractivity contribution is 0.0714. The van der Waals surface area contributed by atoms with Crippen molar-refractivity contribution in [3.63, 3.8) is 0 Å². The third-order valence-corrected chi connectivity index (χ3v) is 5.53. The van der Waals surface area contributed by atoms with E-state index >= 15 is 0 Å². The highest BCUT2D eigenvalue weighted by atomic mass is 16.3. The standard InChI is InChI=1S/C25H19NO4/c1-15-9-11-16(12-10-15)14-26-22(17-5-4-6-18(27)13-17)21-23(28)19-7-2-3-8-20(19)30-24(21)25(26)29/h2-13,22,27H,14H2,1H3/t22-/m0/s1. The summed E-state index contributed by atoms with van der Waals surface area (Å²) in [7, 11) is 0. The molecular weight excluding hydrogens is 378 g/mol. The summed E-state index contributed by atoms with van der Waals surface area (Å²) in [6.45, 7) is 2.32. The van der Waals surface area contributed by atoms with Crippen LogP contribution in [0.4, 0.5) is 0 Å². The molecule has 4 aromatic rings. The minimum atomic E-state index is -0.637. The first-order valence-electron chi connectivity index (χ1n) is 9.74. The predicted octanol–water partition coefficient (Wildman–Crippen LogP) is 4.55. The van der Waals surface area contributed by atoms with E-state index in [0.29, 0.717) is 28.6 Å². The van der Waals surface area contributed by atoms with Gasteiger partial charge in [0.05, 0.1) is 17.0 Å².